The lowest BCUT2D eigenvalue weighted by Gasteiger charge is -2.40. The van der Waals surface area contributed by atoms with Crippen LogP contribution in [0.1, 0.15) is 121 Å². The molecule has 0 radical (unpaired) electrons. The number of unbranched alkanes of at least 4 members (excludes halogenated alkanes) is 2. The smallest absolute Gasteiger partial charge is 0.261 e. The molecule has 4 aliphatic rings. The Labute approximate surface area is 341 Å². The molecule has 0 atom stereocenters. The summed E-state index contributed by atoms with van der Waals surface area (Å²) in [5, 5.41) is 0. The fourth-order valence-corrected chi connectivity index (χ4v) is 9.00. The molecule has 0 saturated carbocycles. The Bertz CT molecular complexity index is 2120. The van der Waals surface area contributed by atoms with Crippen LogP contribution in [0, 0.1) is 0 Å². The predicted octanol–water partition coefficient (Wildman–Crippen LogP) is 5.33. The minimum Gasteiger partial charge on any atom is -0.323 e. The molecule has 0 fully saturated rings. The summed E-state index contributed by atoms with van der Waals surface area (Å²) in [6.45, 7) is 3.11. The van der Waals surface area contributed by atoms with Crippen LogP contribution in [-0.2, 0) is 0 Å². The third-order valence-corrected chi connectivity index (χ3v) is 12.1. The van der Waals surface area contributed by atoms with Crippen molar-refractivity contribution in [3.05, 3.63) is 142 Å². The highest BCUT2D eigenvalue weighted by Gasteiger charge is 2.39. The van der Waals surface area contributed by atoms with Crippen LogP contribution in [0.15, 0.2) is 97.1 Å². The van der Waals surface area contributed by atoms with Gasteiger partial charge in [0, 0.05) is 39.0 Å². The minimum atomic E-state index is -0.337. The molecule has 4 aliphatic heterocycles. The molecule has 59 heavy (non-hydrogen) atoms. The third-order valence-electron chi connectivity index (χ3n) is 12.1. The van der Waals surface area contributed by atoms with Gasteiger partial charge in [-0.2, -0.15) is 0 Å². The average molecular weight is 795 g/mol. The highest BCUT2D eigenvalue weighted by atomic mass is 16.2. The summed E-state index contributed by atoms with van der Waals surface area (Å²) in [5.41, 5.74) is 3.06. The van der Waals surface area contributed by atoms with Crippen molar-refractivity contribution in [3.63, 3.8) is 0 Å². The lowest BCUT2D eigenvalue weighted by Crippen LogP contribution is -2.52. The number of carbonyl (C=O) groups excluding carboxylic acids is 8. The first-order valence-corrected chi connectivity index (χ1v) is 20.3. The maximum atomic E-state index is 13.3. The van der Waals surface area contributed by atoms with E-state index in [9.17, 15) is 38.4 Å². The van der Waals surface area contributed by atoms with E-state index in [1.807, 2.05) is 0 Å². The summed E-state index contributed by atoms with van der Waals surface area (Å²) in [6, 6.07) is 27.1. The number of nitrogens with zero attached hydrogens (tertiary/aromatic N) is 5. The standard InChI is InChI=1S/C46H44N5O8/c52-39-31-15-1-2-16-32(31)40(53)47(39)23-9-11-27-51(29-13-25-49-43(56)35-19-5-6-20-36(35)44(49)57,30-14-26-50-45(58)37-21-7-8-22-38(37)46(50)59)28-12-10-24-48-41(54)33-17-3-4-18-34(33)42(48)55/h1-8,15-22H,9-14,23-30H2/q+1. The third kappa shape index (κ3) is 7.26. The van der Waals surface area contributed by atoms with E-state index < -0.39 is 0 Å². The van der Waals surface area contributed by atoms with Gasteiger partial charge in [0.15, 0.2) is 0 Å². The number of benzene rings is 4. The Morgan fingerprint density at radius 1 is 0.271 bits per heavy atom. The van der Waals surface area contributed by atoms with Gasteiger partial charge in [-0.05, 0) is 74.2 Å². The van der Waals surface area contributed by atoms with Gasteiger partial charge in [-0.15, -0.1) is 0 Å². The van der Waals surface area contributed by atoms with Crippen molar-refractivity contribution in [1.29, 1.82) is 0 Å². The van der Waals surface area contributed by atoms with Crippen LogP contribution < -0.4 is 0 Å². The van der Waals surface area contributed by atoms with Crippen molar-refractivity contribution in [2.24, 2.45) is 0 Å². The van der Waals surface area contributed by atoms with Crippen LogP contribution in [0.4, 0.5) is 0 Å². The zero-order valence-corrected chi connectivity index (χ0v) is 32.6. The topological polar surface area (TPSA) is 150 Å². The summed E-state index contributed by atoms with van der Waals surface area (Å²) in [6.07, 6.45) is 3.22. The van der Waals surface area contributed by atoms with Crippen LogP contribution in [0.3, 0.4) is 0 Å². The Morgan fingerprint density at radius 3 is 0.678 bits per heavy atom. The first-order chi connectivity index (χ1) is 28.6. The molecule has 0 aliphatic carbocycles. The van der Waals surface area contributed by atoms with Crippen molar-refractivity contribution in [1.82, 2.24) is 19.6 Å². The lowest BCUT2D eigenvalue weighted by atomic mass is 10.1. The Balaban J connectivity index is 0.989. The van der Waals surface area contributed by atoms with E-state index in [1.54, 1.807) is 97.1 Å². The predicted molar refractivity (Wildman–Crippen MR) is 215 cm³/mol. The number of carbonyl (C=O) groups is 8. The quantitative estimate of drug-likeness (QED) is 0.0746. The normalized spacial score (nSPS) is 15.9. The van der Waals surface area contributed by atoms with Gasteiger partial charge in [-0.1, -0.05) is 48.5 Å². The Hall–Kier alpha value is -6.60. The summed E-state index contributed by atoms with van der Waals surface area (Å²) < 4.78 is 0.483. The van der Waals surface area contributed by atoms with Crippen LogP contribution in [0.25, 0.3) is 0 Å². The molecule has 4 aromatic carbocycles. The lowest BCUT2D eigenvalue weighted by molar-refractivity contribution is -0.929. The van der Waals surface area contributed by atoms with Gasteiger partial charge in [0.2, 0.25) is 0 Å². The molecule has 0 bridgehead atoms. The highest BCUT2D eigenvalue weighted by molar-refractivity contribution is 6.23. The van der Waals surface area contributed by atoms with Crippen molar-refractivity contribution < 1.29 is 42.8 Å². The maximum absolute atomic E-state index is 13.3. The van der Waals surface area contributed by atoms with Crippen LogP contribution in [0.2, 0.25) is 0 Å². The van der Waals surface area contributed by atoms with Gasteiger partial charge in [0.1, 0.15) is 0 Å². The number of rotatable bonds is 18. The molecule has 0 N–H and O–H groups in total. The zero-order chi connectivity index (χ0) is 41.3. The van der Waals surface area contributed by atoms with Crippen LogP contribution in [0.5, 0.6) is 0 Å². The summed E-state index contributed by atoms with van der Waals surface area (Å²) in [5.74, 6) is -2.62. The van der Waals surface area contributed by atoms with Crippen LogP contribution in [-0.4, -0.2) is 124 Å². The maximum Gasteiger partial charge on any atom is 0.261 e. The number of hydrogen-bond donors (Lipinski definition) is 0. The van der Waals surface area contributed by atoms with E-state index in [2.05, 4.69) is 0 Å². The number of amides is 8. The van der Waals surface area contributed by atoms with Gasteiger partial charge in [-0.25, -0.2) is 0 Å². The van der Waals surface area contributed by atoms with E-state index in [0.29, 0.717) is 114 Å². The van der Waals surface area contributed by atoms with E-state index in [-0.39, 0.29) is 73.4 Å². The monoisotopic (exact) mass is 794 g/mol. The van der Waals surface area contributed by atoms with Gasteiger partial charge in [0.05, 0.1) is 70.7 Å². The van der Waals surface area contributed by atoms with Crippen molar-refractivity contribution in [3.8, 4) is 0 Å². The van der Waals surface area contributed by atoms with Gasteiger partial charge >= 0.3 is 0 Å². The molecule has 0 unspecified atom stereocenters. The van der Waals surface area contributed by atoms with Gasteiger partial charge < -0.3 is 4.48 Å². The molecule has 13 nitrogen and oxygen atoms in total. The molecule has 13 heteroatoms. The van der Waals surface area contributed by atoms with Crippen LogP contribution >= 0.6 is 0 Å². The second-order valence-corrected chi connectivity index (χ2v) is 15.6. The first-order valence-electron chi connectivity index (χ1n) is 20.3. The SMILES string of the molecule is O=C1c2ccccc2C(=O)N1CCCC[N+](CCCCN1C(=O)c2ccccc2C1=O)(CCCN1C(=O)c2ccccc2C1=O)CCCN1C(=O)c2ccccc2C1=O. The highest BCUT2D eigenvalue weighted by Crippen LogP contribution is 2.28. The van der Waals surface area contributed by atoms with E-state index in [4.69, 9.17) is 0 Å². The molecule has 4 heterocycles. The fourth-order valence-electron chi connectivity index (χ4n) is 9.00. The van der Waals surface area contributed by atoms with Crippen molar-refractivity contribution in [2.45, 2.75) is 38.5 Å². The molecule has 8 amide bonds. The number of hydrogen-bond acceptors (Lipinski definition) is 8. The second kappa shape index (κ2) is 16.3. The fraction of sp³-hybridized carbons (Fsp3) is 0.304. The Morgan fingerprint density at radius 2 is 0.458 bits per heavy atom. The molecule has 4 aromatic rings. The summed E-state index contributed by atoms with van der Waals surface area (Å²) in [4.78, 5) is 111. The van der Waals surface area contributed by atoms with Crippen molar-refractivity contribution in [2.75, 3.05) is 52.4 Å². The number of quaternary nitrogens is 1. The largest absolute Gasteiger partial charge is 0.323 e. The average Bonchev–Trinajstić information content (AvgIpc) is 3.85. The molecule has 300 valence electrons. The molecule has 0 saturated heterocycles. The van der Waals surface area contributed by atoms with Gasteiger partial charge in [0.25, 0.3) is 47.3 Å². The Kier molecular flexibility index (Phi) is 10.9. The zero-order valence-electron chi connectivity index (χ0n) is 32.6. The molecule has 0 aromatic heterocycles. The first kappa shape index (κ1) is 39.2. The van der Waals surface area contributed by atoms with Crippen molar-refractivity contribution >= 4 is 47.3 Å². The molecule has 0 spiro atoms. The number of fused-ring (bicyclic) bond motifs is 4. The second-order valence-electron chi connectivity index (χ2n) is 15.6. The van der Waals surface area contributed by atoms with E-state index >= 15 is 0 Å². The summed E-state index contributed by atoms with van der Waals surface area (Å²) in [7, 11) is 0. The minimum absolute atomic E-state index is 0.189. The van der Waals surface area contributed by atoms with Gasteiger partial charge in [-0.3, -0.25) is 58.0 Å². The van der Waals surface area contributed by atoms with E-state index in [0.717, 1.165) is 0 Å². The van der Waals surface area contributed by atoms with E-state index in [1.165, 1.54) is 19.6 Å². The number of imide groups is 4. The molecular weight excluding hydrogens is 751 g/mol. The molecule has 8 rings (SSSR count). The summed E-state index contributed by atoms with van der Waals surface area (Å²) >= 11 is 0. The molecular formula is C46H44N5O8+.